The van der Waals surface area contributed by atoms with Crippen LogP contribution in [0.15, 0.2) is 18.2 Å². The number of benzene rings is 1. The minimum Gasteiger partial charge on any atom is -0.496 e. The van der Waals surface area contributed by atoms with E-state index in [0.29, 0.717) is 16.3 Å². The van der Waals surface area contributed by atoms with E-state index in [1.807, 2.05) is 22.8 Å². The van der Waals surface area contributed by atoms with Gasteiger partial charge in [-0.05, 0) is 24.4 Å². The van der Waals surface area contributed by atoms with Crippen LogP contribution in [0.5, 0.6) is 5.75 Å². The fourth-order valence-corrected chi connectivity index (χ4v) is 2.39. The van der Waals surface area contributed by atoms with Gasteiger partial charge in [0.05, 0.1) is 13.7 Å². The first-order valence-corrected chi connectivity index (χ1v) is 6.79. The zero-order valence-corrected chi connectivity index (χ0v) is 12.7. The number of nitrogens with one attached hydrogen (secondary N) is 1. The Morgan fingerprint density at radius 2 is 2.21 bits per heavy atom. The molecule has 2 aromatic rings. The Kier molecular flexibility index (Phi) is 4.27. The van der Waals surface area contributed by atoms with Crippen LogP contribution in [-0.4, -0.2) is 21.9 Å². The predicted molar refractivity (Wildman–Crippen MR) is 78.6 cm³/mol. The smallest absolute Gasteiger partial charge is 0.195 e. The number of H-pyrrole nitrogens is 1. The van der Waals surface area contributed by atoms with Crippen molar-refractivity contribution in [2.45, 2.75) is 26.3 Å². The monoisotopic (exact) mass is 297 g/mol. The Hall–Kier alpha value is -1.33. The highest BCUT2D eigenvalue weighted by Gasteiger charge is 2.14. The van der Waals surface area contributed by atoms with Crippen LogP contribution in [0.1, 0.15) is 31.2 Å². The van der Waals surface area contributed by atoms with Crippen molar-refractivity contribution in [3.05, 3.63) is 39.4 Å². The highest BCUT2D eigenvalue weighted by atomic mass is 35.5. The SMILES string of the molecule is COc1cccc(Cl)c1Cn1c(C(C)C)n[nH]c1=S. The van der Waals surface area contributed by atoms with Crippen molar-refractivity contribution in [2.75, 3.05) is 7.11 Å². The van der Waals surface area contributed by atoms with Crippen LogP contribution in [0, 0.1) is 4.77 Å². The highest BCUT2D eigenvalue weighted by molar-refractivity contribution is 7.71. The van der Waals surface area contributed by atoms with Gasteiger partial charge in [0.25, 0.3) is 0 Å². The maximum atomic E-state index is 6.25. The van der Waals surface area contributed by atoms with Crippen molar-refractivity contribution < 1.29 is 4.74 Å². The van der Waals surface area contributed by atoms with Gasteiger partial charge in [-0.25, -0.2) is 0 Å². The molecule has 0 atom stereocenters. The second kappa shape index (κ2) is 5.75. The molecule has 19 heavy (non-hydrogen) atoms. The molecular formula is C13H16ClN3OS. The molecule has 0 spiro atoms. The number of halogens is 1. The normalized spacial score (nSPS) is 11.0. The lowest BCUT2D eigenvalue weighted by molar-refractivity contribution is 0.408. The molecule has 1 heterocycles. The number of aromatic nitrogens is 3. The number of hydrogen-bond acceptors (Lipinski definition) is 3. The van der Waals surface area contributed by atoms with Gasteiger partial charge in [0.1, 0.15) is 11.6 Å². The van der Waals surface area contributed by atoms with Crippen LogP contribution in [0.3, 0.4) is 0 Å². The van der Waals surface area contributed by atoms with Crippen molar-refractivity contribution >= 4 is 23.8 Å². The van der Waals surface area contributed by atoms with E-state index in [1.54, 1.807) is 7.11 Å². The third-order valence-corrected chi connectivity index (χ3v) is 3.58. The van der Waals surface area contributed by atoms with Crippen LogP contribution in [0.2, 0.25) is 5.02 Å². The number of nitrogens with zero attached hydrogens (tertiary/aromatic N) is 2. The maximum Gasteiger partial charge on any atom is 0.195 e. The summed E-state index contributed by atoms with van der Waals surface area (Å²) in [5.74, 6) is 1.94. The summed E-state index contributed by atoms with van der Waals surface area (Å²) >= 11 is 11.5. The van der Waals surface area contributed by atoms with Crippen LogP contribution < -0.4 is 4.74 Å². The second-order valence-electron chi connectivity index (χ2n) is 4.55. The van der Waals surface area contributed by atoms with Gasteiger partial charge in [-0.15, -0.1) is 0 Å². The molecule has 1 N–H and O–H groups in total. The van der Waals surface area contributed by atoms with Crippen molar-refractivity contribution in [2.24, 2.45) is 0 Å². The number of aromatic amines is 1. The zero-order chi connectivity index (χ0) is 14.0. The fraction of sp³-hybridized carbons (Fsp3) is 0.385. The van der Waals surface area contributed by atoms with Crippen LogP contribution >= 0.6 is 23.8 Å². The van der Waals surface area contributed by atoms with Gasteiger partial charge >= 0.3 is 0 Å². The Labute approximate surface area is 122 Å². The van der Waals surface area contributed by atoms with Gasteiger partial charge in [-0.1, -0.05) is 31.5 Å². The first kappa shape index (κ1) is 14.1. The van der Waals surface area contributed by atoms with Crippen LogP contribution in [-0.2, 0) is 6.54 Å². The summed E-state index contributed by atoms with van der Waals surface area (Å²) in [7, 11) is 1.63. The summed E-state index contributed by atoms with van der Waals surface area (Å²) < 4.78 is 7.89. The molecule has 0 saturated heterocycles. The maximum absolute atomic E-state index is 6.25. The van der Waals surface area contributed by atoms with E-state index >= 15 is 0 Å². The first-order valence-electron chi connectivity index (χ1n) is 6.01. The number of hydrogen-bond donors (Lipinski definition) is 1. The van der Waals surface area contributed by atoms with Crippen molar-refractivity contribution in [1.82, 2.24) is 14.8 Å². The molecule has 0 amide bonds. The average Bonchev–Trinajstić information content (AvgIpc) is 2.73. The summed E-state index contributed by atoms with van der Waals surface area (Å²) in [4.78, 5) is 0. The topological polar surface area (TPSA) is 42.8 Å². The molecule has 2 rings (SSSR count). The van der Waals surface area contributed by atoms with Crippen LogP contribution in [0.25, 0.3) is 0 Å². The van der Waals surface area contributed by atoms with E-state index < -0.39 is 0 Å². The van der Waals surface area contributed by atoms with Gasteiger partial charge in [0, 0.05) is 16.5 Å². The third-order valence-electron chi connectivity index (χ3n) is 2.92. The Bertz CT molecular complexity index is 633. The van der Waals surface area contributed by atoms with E-state index in [1.165, 1.54) is 0 Å². The predicted octanol–water partition coefficient (Wildman–Crippen LogP) is 3.77. The van der Waals surface area contributed by atoms with Crippen molar-refractivity contribution in [3.63, 3.8) is 0 Å². The second-order valence-corrected chi connectivity index (χ2v) is 5.34. The van der Waals surface area contributed by atoms with Gasteiger partial charge in [0.15, 0.2) is 4.77 Å². The molecule has 1 aromatic heterocycles. The quantitative estimate of drug-likeness (QED) is 0.874. The molecule has 1 aromatic carbocycles. The van der Waals surface area contributed by atoms with Gasteiger partial charge in [-0.2, -0.15) is 5.10 Å². The Morgan fingerprint density at radius 3 is 2.84 bits per heavy atom. The van der Waals surface area contributed by atoms with E-state index in [9.17, 15) is 0 Å². The molecule has 4 nitrogen and oxygen atoms in total. The van der Waals surface area contributed by atoms with E-state index in [4.69, 9.17) is 28.6 Å². The molecule has 0 aliphatic carbocycles. The van der Waals surface area contributed by atoms with Gasteiger partial charge in [-0.3, -0.25) is 9.67 Å². The van der Waals surface area contributed by atoms with Crippen molar-refractivity contribution in [3.8, 4) is 5.75 Å². The minimum atomic E-state index is 0.279. The fourth-order valence-electron chi connectivity index (χ4n) is 1.97. The number of rotatable bonds is 4. The summed E-state index contributed by atoms with van der Waals surface area (Å²) in [6.07, 6.45) is 0. The molecule has 0 unspecified atom stereocenters. The van der Waals surface area contributed by atoms with Gasteiger partial charge < -0.3 is 4.74 Å². The number of ether oxygens (including phenoxy) is 1. The molecule has 0 aliphatic rings. The average molecular weight is 298 g/mol. The third kappa shape index (κ3) is 2.82. The minimum absolute atomic E-state index is 0.279. The summed E-state index contributed by atoms with van der Waals surface area (Å²) in [5, 5.41) is 7.75. The summed E-state index contributed by atoms with van der Waals surface area (Å²) in [6, 6.07) is 5.60. The first-order chi connectivity index (χ1) is 9.04. The Morgan fingerprint density at radius 1 is 1.47 bits per heavy atom. The van der Waals surface area contributed by atoms with Crippen LogP contribution in [0.4, 0.5) is 0 Å². The number of methoxy groups -OCH3 is 1. The molecule has 102 valence electrons. The summed E-state index contributed by atoms with van der Waals surface area (Å²) in [6.45, 7) is 4.70. The lowest BCUT2D eigenvalue weighted by Gasteiger charge is -2.13. The largest absolute Gasteiger partial charge is 0.496 e. The molecule has 0 saturated carbocycles. The van der Waals surface area contributed by atoms with E-state index in [-0.39, 0.29) is 5.92 Å². The molecule has 6 heteroatoms. The summed E-state index contributed by atoms with van der Waals surface area (Å²) in [5.41, 5.74) is 0.908. The standard InChI is InChI=1S/C13H16ClN3OS/c1-8(2)12-15-16-13(19)17(12)7-9-10(14)5-4-6-11(9)18-3/h4-6,8H,7H2,1-3H3,(H,16,19). The zero-order valence-electron chi connectivity index (χ0n) is 11.1. The molecule has 0 radical (unpaired) electrons. The molecule has 0 aliphatic heterocycles. The molecule has 0 bridgehead atoms. The van der Waals surface area contributed by atoms with Gasteiger partial charge in [0.2, 0.25) is 0 Å². The molecule has 0 fully saturated rings. The lowest BCUT2D eigenvalue weighted by Crippen LogP contribution is -2.08. The highest BCUT2D eigenvalue weighted by Crippen LogP contribution is 2.28. The van der Waals surface area contributed by atoms with E-state index in [0.717, 1.165) is 17.1 Å². The van der Waals surface area contributed by atoms with Crippen molar-refractivity contribution in [1.29, 1.82) is 0 Å². The van der Waals surface area contributed by atoms with E-state index in [2.05, 4.69) is 24.0 Å². The lowest BCUT2D eigenvalue weighted by atomic mass is 10.1. The Balaban J connectivity index is 2.47. The molecular weight excluding hydrogens is 282 g/mol.